The second kappa shape index (κ2) is 4.98. The summed E-state index contributed by atoms with van der Waals surface area (Å²) in [6, 6.07) is 9.90. The molecule has 2 aliphatic heterocycles. The molecule has 0 radical (unpaired) electrons. The van der Waals surface area contributed by atoms with Gasteiger partial charge in [0, 0.05) is 13.1 Å². The van der Waals surface area contributed by atoms with Gasteiger partial charge in [-0.05, 0) is 36.2 Å². The summed E-state index contributed by atoms with van der Waals surface area (Å²) in [5, 5.41) is 0.875. The van der Waals surface area contributed by atoms with Crippen molar-refractivity contribution in [2.45, 2.75) is 12.8 Å². The molecule has 0 atom stereocenters. The Labute approximate surface area is 111 Å². The minimum absolute atomic E-state index is 0.106. The summed E-state index contributed by atoms with van der Waals surface area (Å²) in [5.74, 6) is -0.106. The summed E-state index contributed by atoms with van der Waals surface area (Å²) >= 11 is 1.50. The van der Waals surface area contributed by atoms with Crippen LogP contribution in [0.25, 0.3) is 6.08 Å². The van der Waals surface area contributed by atoms with E-state index in [0.717, 1.165) is 28.7 Å². The lowest BCUT2D eigenvalue weighted by molar-refractivity contribution is -0.113. The Hall–Kier alpha value is -1.55. The molecule has 1 saturated heterocycles. The van der Waals surface area contributed by atoms with Crippen molar-refractivity contribution in [3.63, 3.8) is 0 Å². The van der Waals surface area contributed by atoms with E-state index in [2.05, 4.69) is 9.89 Å². The van der Waals surface area contributed by atoms with Gasteiger partial charge >= 0.3 is 0 Å². The summed E-state index contributed by atoms with van der Waals surface area (Å²) in [6.45, 7) is 2.05. The minimum Gasteiger partial charge on any atom is -0.351 e. The highest BCUT2D eigenvalue weighted by atomic mass is 32.2. The molecule has 92 valence electrons. The first kappa shape index (κ1) is 11.5. The average molecular weight is 258 g/mol. The van der Waals surface area contributed by atoms with Crippen LogP contribution in [0.4, 0.5) is 0 Å². The molecule has 0 unspecified atom stereocenters. The standard InChI is InChI=1S/C14H14N2OS/c17-13-12(10-11-6-2-1-3-7-11)18-14(15-13)16-8-4-5-9-16/h1-3,6-7,10H,4-5,8-9H2/b12-10-. The third kappa shape index (κ3) is 2.34. The Bertz CT molecular complexity index is 516. The van der Waals surface area contributed by atoms with E-state index in [4.69, 9.17) is 0 Å². The van der Waals surface area contributed by atoms with Crippen LogP contribution in [0.1, 0.15) is 18.4 Å². The van der Waals surface area contributed by atoms with Crippen molar-refractivity contribution >= 4 is 28.9 Å². The lowest BCUT2D eigenvalue weighted by Crippen LogP contribution is -2.23. The van der Waals surface area contributed by atoms with Crippen molar-refractivity contribution in [3.8, 4) is 0 Å². The lowest BCUT2D eigenvalue weighted by atomic mass is 10.2. The van der Waals surface area contributed by atoms with Crippen LogP contribution in [-0.2, 0) is 4.79 Å². The van der Waals surface area contributed by atoms with Crippen molar-refractivity contribution in [1.82, 2.24) is 4.90 Å². The number of hydrogen-bond donors (Lipinski definition) is 0. The molecule has 4 heteroatoms. The van der Waals surface area contributed by atoms with Gasteiger partial charge in [0.15, 0.2) is 5.17 Å². The van der Waals surface area contributed by atoms with Crippen LogP contribution in [0, 0.1) is 0 Å². The van der Waals surface area contributed by atoms with E-state index in [0.29, 0.717) is 0 Å². The summed E-state index contributed by atoms with van der Waals surface area (Å²) < 4.78 is 0. The summed E-state index contributed by atoms with van der Waals surface area (Å²) in [5.41, 5.74) is 1.05. The molecule has 18 heavy (non-hydrogen) atoms. The van der Waals surface area contributed by atoms with E-state index in [9.17, 15) is 4.79 Å². The first-order chi connectivity index (χ1) is 8.83. The average Bonchev–Trinajstić information content (AvgIpc) is 3.01. The number of amides is 1. The zero-order valence-corrected chi connectivity index (χ0v) is 10.8. The van der Waals surface area contributed by atoms with E-state index >= 15 is 0 Å². The summed E-state index contributed by atoms with van der Waals surface area (Å²) in [4.78, 5) is 18.9. The first-order valence-corrected chi connectivity index (χ1v) is 6.97. The first-order valence-electron chi connectivity index (χ1n) is 6.15. The zero-order valence-electron chi connectivity index (χ0n) is 10.0. The number of nitrogens with zero attached hydrogens (tertiary/aromatic N) is 2. The smallest absolute Gasteiger partial charge is 0.286 e. The fourth-order valence-corrected chi connectivity index (χ4v) is 3.11. The topological polar surface area (TPSA) is 32.7 Å². The molecule has 0 bridgehead atoms. The van der Waals surface area contributed by atoms with Gasteiger partial charge in [-0.3, -0.25) is 4.79 Å². The molecular formula is C14H14N2OS. The Morgan fingerprint density at radius 1 is 1.17 bits per heavy atom. The van der Waals surface area contributed by atoms with Crippen molar-refractivity contribution < 1.29 is 4.79 Å². The predicted molar refractivity (Wildman–Crippen MR) is 75.3 cm³/mol. The van der Waals surface area contributed by atoms with E-state index < -0.39 is 0 Å². The molecule has 1 aromatic carbocycles. The molecule has 0 spiro atoms. The fourth-order valence-electron chi connectivity index (χ4n) is 2.14. The second-order valence-corrected chi connectivity index (χ2v) is 5.42. The molecule has 1 fully saturated rings. The van der Waals surface area contributed by atoms with Gasteiger partial charge in [-0.1, -0.05) is 30.3 Å². The normalized spacial score (nSPS) is 21.8. The monoisotopic (exact) mass is 258 g/mol. The maximum atomic E-state index is 11.8. The van der Waals surface area contributed by atoms with Crippen LogP contribution >= 0.6 is 11.8 Å². The summed E-state index contributed by atoms with van der Waals surface area (Å²) in [7, 11) is 0. The largest absolute Gasteiger partial charge is 0.351 e. The quantitative estimate of drug-likeness (QED) is 0.726. The fraction of sp³-hybridized carbons (Fsp3) is 0.286. The predicted octanol–water partition coefficient (Wildman–Crippen LogP) is 2.75. The van der Waals surface area contributed by atoms with Crippen LogP contribution in [0.2, 0.25) is 0 Å². The second-order valence-electron chi connectivity index (χ2n) is 4.42. The van der Waals surface area contributed by atoms with E-state index in [1.165, 1.54) is 24.6 Å². The molecule has 3 rings (SSSR count). The van der Waals surface area contributed by atoms with Gasteiger partial charge in [-0.15, -0.1) is 0 Å². The third-order valence-corrected chi connectivity index (χ3v) is 4.13. The number of aliphatic imine (C=N–C) groups is 1. The van der Waals surface area contributed by atoms with Crippen LogP contribution in [0.3, 0.4) is 0 Å². The molecule has 0 saturated carbocycles. The van der Waals surface area contributed by atoms with Crippen LogP contribution in [0.15, 0.2) is 40.2 Å². The van der Waals surface area contributed by atoms with Crippen molar-refractivity contribution in [2.24, 2.45) is 4.99 Å². The number of amidine groups is 1. The number of carbonyl (C=O) groups is 1. The molecule has 0 N–H and O–H groups in total. The molecule has 1 aromatic rings. The number of thioether (sulfide) groups is 1. The highest BCUT2D eigenvalue weighted by Crippen LogP contribution is 2.31. The Kier molecular flexibility index (Phi) is 3.19. The van der Waals surface area contributed by atoms with Gasteiger partial charge in [-0.2, -0.15) is 4.99 Å². The Morgan fingerprint density at radius 3 is 2.61 bits per heavy atom. The van der Waals surface area contributed by atoms with Crippen LogP contribution in [0.5, 0.6) is 0 Å². The number of rotatable bonds is 1. The molecule has 1 amide bonds. The van der Waals surface area contributed by atoms with Crippen molar-refractivity contribution in [1.29, 1.82) is 0 Å². The number of benzene rings is 1. The minimum atomic E-state index is -0.106. The van der Waals surface area contributed by atoms with E-state index in [-0.39, 0.29) is 5.91 Å². The van der Waals surface area contributed by atoms with Gasteiger partial charge in [0.25, 0.3) is 5.91 Å². The SMILES string of the molecule is O=C1N=C(N2CCCC2)S/C1=C\c1ccccc1. The number of hydrogen-bond acceptors (Lipinski definition) is 3. The van der Waals surface area contributed by atoms with Gasteiger partial charge in [-0.25, -0.2) is 0 Å². The maximum absolute atomic E-state index is 11.8. The van der Waals surface area contributed by atoms with Crippen molar-refractivity contribution in [2.75, 3.05) is 13.1 Å². The van der Waals surface area contributed by atoms with Gasteiger partial charge in [0.2, 0.25) is 0 Å². The molecule has 0 aromatic heterocycles. The van der Waals surface area contributed by atoms with Gasteiger partial charge in [0.05, 0.1) is 4.91 Å². The Morgan fingerprint density at radius 2 is 1.89 bits per heavy atom. The number of carbonyl (C=O) groups excluding carboxylic acids is 1. The van der Waals surface area contributed by atoms with E-state index in [1.807, 2.05) is 36.4 Å². The highest BCUT2D eigenvalue weighted by molar-refractivity contribution is 8.18. The molecule has 3 nitrogen and oxygen atoms in total. The lowest BCUT2D eigenvalue weighted by Gasteiger charge is -2.14. The zero-order chi connectivity index (χ0) is 12.4. The maximum Gasteiger partial charge on any atom is 0.286 e. The molecule has 0 aliphatic carbocycles. The molecule has 2 aliphatic rings. The van der Waals surface area contributed by atoms with Crippen LogP contribution in [-0.4, -0.2) is 29.1 Å². The highest BCUT2D eigenvalue weighted by Gasteiger charge is 2.27. The van der Waals surface area contributed by atoms with Gasteiger partial charge in [0.1, 0.15) is 0 Å². The van der Waals surface area contributed by atoms with Gasteiger partial charge < -0.3 is 4.90 Å². The summed E-state index contributed by atoms with van der Waals surface area (Å²) in [6.07, 6.45) is 4.32. The van der Waals surface area contributed by atoms with Crippen LogP contribution < -0.4 is 0 Å². The van der Waals surface area contributed by atoms with E-state index in [1.54, 1.807) is 0 Å². The Balaban J connectivity index is 1.77. The third-order valence-electron chi connectivity index (χ3n) is 3.08. The molecule has 2 heterocycles. The number of likely N-dealkylation sites (tertiary alicyclic amines) is 1. The van der Waals surface area contributed by atoms with Crippen molar-refractivity contribution in [3.05, 3.63) is 40.8 Å². The molecular weight excluding hydrogens is 244 g/mol.